The number of rotatable bonds is 5. The van der Waals surface area contributed by atoms with Gasteiger partial charge in [-0.25, -0.2) is 9.97 Å². The van der Waals surface area contributed by atoms with E-state index in [2.05, 4.69) is 27.5 Å². The fourth-order valence-corrected chi connectivity index (χ4v) is 2.30. The Kier molecular flexibility index (Phi) is 4.04. The Labute approximate surface area is 130 Å². The highest BCUT2D eigenvalue weighted by molar-refractivity contribution is 6.03. The standard InChI is InChI=1S/C17H20N4O/c1-3-12-6-4-5-7-14(12)20-16(22)15-10-11(2)18-17(21-15)19-13-8-9-13/h4-7,10,13H,3,8-9H2,1-2H3,(H,20,22)(H,18,19,21). The number of anilines is 2. The molecule has 0 unspecified atom stereocenters. The summed E-state index contributed by atoms with van der Waals surface area (Å²) in [7, 11) is 0. The zero-order chi connectivity index (χ0) is 15.5. The summed E-state index contributed by atoms with van der Waals surface area (Å²) in [6, 6.07) is 9.98. The van der Waals surface area contributed by atoms with Crippen LogP contribution in [0.2, 0.25) is 0 Å². The van der Waals surface area contributed by atoms with Crippen molar-refractivity contribution in [3.63, 3.8) is 0 Å². The molecule has 0 atom stereocenters. The SMILES string of the molecule is CCc1ccccc1NC(=O)c1cc(C)nc(NC2CC2)n1. The van der Waals surface area contributed by atoms with Gasteiger partial charge in [0.1, 0.15) is 5.69 Å². The van der Waals surface area contributed by atoms with Gasteiger partial charge in [0, 0.05) is 17.4 Å². The smallest absolute Gasteiger partial charge is 0.274 e. The molecule has 1 aromatic heterocycles. The molecule has 0 radical (unpaired) electrons. The molecule has 5 heteroatoms. The van der Waals surface area contributed by atoms with Crippen LogP contribution in [0.5, 0.6) is 0 Å². The van der Waals surface area contributed by atoms with Gasteiger partial charge in [-0.15, -0.1) is 0 Å². The van der Waals surface area contributed by atoms with Crippen molar-refractivity contribution in [2.45, 2.75) is 39.2 Å². The monoisotopic (exact) mass is 296 g/mol. The van der Waals surface area contributed by atoms with Gasteiger partial charge in [0.2, 0.25) is 5.95 Å². The average molecular weight is 296 g/mol. The number of aryl methyl sites for hydroxylation is 2. The van der Waals surface area contributed by atoms with Crippen molar-refractivity contribution >= 4 is 17.5 Å². The lowest BCUT2D eigenvalue weighted by atomic mass is 10.1. The van der Waals surface area contributed by atoms with Crippen LogP contribution in [0.1, 0.15) is 41.5 Å². The largest absolute Gasteiger partial charge is 0.351 e. The second-order valence-electron chi connectivity index (χ2n) is 5.60. The van der Waals surface area contributed by atoms with Crippen LogP contribution in [-0.4, -0.2) is 21.9 Å². The second kappa shape index (κ2) is 6.13. The Morgan fingerprint density at radius 1 is 1.27 bits per heavy atom. The maximum Gasteiger partial charge on any atom is 0.274 e. The number of nitrogens with zero attached hydrogens (tertiary/aromatic N) is 2. The molecule has 3 rings (SSSR count). The zero-order valence-corrected chi connectivity index (χ0v) is 12.9. The molecule has 0 bridgehead atoms. The fourth-order valence-electron chi connectivity index (χ4n) is 2.30. The van der Waals surface area contributed by atoms with E-state index in [-0.39, 0.29) is 5.91 Å². The molecule has 5 nitrogen and oxygen atoms in total. The van der Waals surface area contributed by atoms with Crippen molar-refractivity contribution < 1.29 is 4.79 Å². The van der Waals surface area contributed by atoms with Gasteiger partial charge in [0.05, 0.1) is 0 Å². The second-order valence-corrected chi connectivity index (χ2v) is 5.60. The van der Waals surface area contributed by atoms with Crippen LogP contribution < -0.4 is 10.6 Å². The first-order chi connectivity index (χ1) is 10.7. The summed E-state index contributed by atoms with van der Waals surface area (Å²) in [4.78, 5) is 21.1. The van der Waals surface area contributed by atoms with Gasteiger partial charge in [-0.3, -0.25) is 4.79 Å². The van der Waals surface area contributed by atoms with Crippen LogP contribution in [0.4, 0.5) is 11.6 Å². The molecule has 2 aromatic rings. The minimum Gasteiger partial charge on any atom is -0.351 e. The molecule has 1 amide bonds. The normalized spacial score (nSPS) is 13.7. The van der Waals surface area contributed by atoms with E-state index in [9.17, 15) is 4.79 Å². The number of para-hydroxylation sites is 1. The van der Waals surface area contributed by atoms with Crippen LogP contribution >= 0.6 is 0 Å². The first-order valence-electron chi connectivity index (χ1n) is 7.67. The van der Waals surface area contributed by atoms with Crippen molar-refractivity contribution in [1.29, 1.82) is 0 Å². The molecule has 1 aromatic carbocycles. The number of carbonyl (C=O) groups is 1. The predicted octanol–water partition coefficient (Wildman–Crippen LogP) is 3.17. The molecule has 1 fully saturated rings. The molecule has 114 valence electrons. The van der Waals surface area contributed by atoms with Crippen LogP contribution in [0.15, 0.2) is 30.3 Å². The van der Waals surface area contributed by atoms with Gasteiger partial charge in [0.25, 0.3) is 5.91 Å². The van der Waals surface area contributed by atoms with Crippen molar-refractivity contribution in [2.24, 2.45) is 0 Å². The lowest BCUT2D eigenvalue weighted by molar-refractivity contribution is 0.102. The number of hydrogen-bond acceptors (Lipinski definition) is 4. The summed E-state index contributed by atoms with van der Waals surface area (Å²) < 4.78 is 0. The van der Waals surface area contributed by atoms with Gasteiger partial charge in [-0.05, 0) is 43.9 Å². The maximum absolute atomic E-state index is 12.5. The molecule has 1 heterocycles. The number of hydrogen-bond donors (Lipinski definition) is 2. The van der Waals surface area contributed by atoms with E-state index in [1.54, 1.807) is 6.07 Å². The van der Waals surface area contributed by atoms with Crippen molar-refractivity contribution in [2.75, 3.05) is 10.6 Å². The van der Waals surface area contributed by atoms with Gasteiger partial charge in [-0.1, -0.05) is 25.1 Å². The third-order valence-electron chi connectivity index (χ3n) is 3.64. The van der Waals surface area contributed by atoms with E-state index in [4.69, 9.17) is 0 Å². The molecule has 0 spiro atoms. The van der Waals surface area contributed by atoms with E-state index in [1.165, 1.54) is 0 Å². The third-order valence-corrected chi connectivity index (χ3v) is 3.64. The van der Waals surface area contributed by atoms with Crippen LogP contribution in [0.25, 0.3) is 0 Å². The first-order valence-corrected chi connectivity index (χ1v) is 7.67. The van der Waals surface area contributed by atoms with Crippen molar-refractivity contribution in [3.05, 3.63) is 47.3 Å². The van der Waals surface area contributed by atoms with Crippen LogP contribution in [-0.2, 0) is 6.42 Å². The predicted molar refractivity (Wildman–Crippen MR) is 87.2 cm³/mol. The van der Waals surface area contributed by atoms with E-state index in [0.29, 0.717) is 17.7 Å². The highest BCUT2D eigenvalue weighted by Crippen LogP contribution is 2.23. The molecule has 1 saturated carbocycles. The van der Waals surface area contributed by atoms with Gasteiger partial charge in [-0.2, -0.15) is 0 Å². The quantitative estimate of drug-likeness (QED) is 0.889. The zero-order valence-electron chi connectivity index (χ0n) is 12.9. The summed E-state index contributed by atoms with van der Waals surface area (Å²) >= 11 is 0. The molecular formula is C17H20N4O. The number of carbonyl (C=O) groups excluding carboxylic acids is 1. The van der Waals surface area contributed by atoms with Crippen molar-refractivity contribution in [3.8, 4) is 0 Å². The molecule has 1 aliphatic carbocycles. The summed E-state index contributed by atoms with van der Waals surface area (Å²) in [6.45, 7) is 3.94. The van der Waals surface area contributed by atoms with Gasteiger partial charge < -0.3 is 10.6 Å². The highest BCUT2D eigenvalue weighted by atomic mass is 16.1. The first kappa shape index (κ1) is 14.5. The van der Waals surface area contributed by atoms with Crippen molar-refractivity contribution in [1.82, 2.24) is 9.97 Å². The summed E-state index contributed by atoms with van der Waals surface area (Å²) in [5, 5.41) is 6.18. The molecular weight excluding hydrogens is 276 g/mol. The van der Waals surface area contributed by atoms with Gasteiger partial charge in [0.15, 0.2) is 0 Å². The van der Waals surface area contributed by atoms with Gasteiger partial charge >= 0.3 is 0 Å². The Morgan fingerprint density at radius 2 is 2.05 bits per heavy atom. The number of benzene rings is 1. The minimum atomic E-state index is -0.203. The lowest BCUT2D eigenvalue weighted by Crippen LogP contribution is -2.17. The van der Waals surface area contributed by atoms with E-state index in [0.717, 1.165) is 36.2 Å². The van der Waals surface area contributed by atoms with E-state index in [1.807, 2.05) is 31.2 Å². The highest BCUT2D eigenvalue weighted by Gasteiger charge is 2.22. The average Bonchev–Trinajstić information content (AvgIpc) is 3.31. The molecule has 22 heavy (non-hydrogen) atoms. The van der Waals surface area contributed by atoms with E-state index >= 15 is 0 Å². The Hall–Kier alpha value is -2.43. The maximum atomic E-state index is 12.5. The van der Waals surface area contributed by atoms with Crippen LogP contribution in [0, 0.1) is 6.92 Å². The Bertz CT molecular complexity index is 695. The summed E-state index contributed by atoms with van der Waals surface area (Å²) in [6.07, 6.45) is 3.15. The minimum absolute atomic E-state index is 0.203. The summed E-state index contributed by atoms with van der Waals surface area (Å²) in [5.41, 5.74) is 3.12. The topological polar surface area (TPSA) is 66.9 Å². The Balaban J connectivity index is 1.80. The number of amides is 1. The number of aromatic nitrogens is 2. The fraction of sp³-hybridized carbons (Fsp3) is 0.353. The van der Waals surface area contributed by atoms with Crippen LogP contribution in [0.3, 0.4) is 0 Å². The molecule has 0 aliphatic heterocycles. The van der Waals surface area contributed by atoms with E-state index < -0.39 is 0 Å². The molecule has 2 N–H and O–H groups in total. The third kappa shape index (κ3) is 3.42. The summed E-state index contributed by atoms with van der Waals surface area (Å²) in [5.74, 6) is 0.335. The Morgan fingerprint density at radius 3 is 2.77 bits per heavy atom. The number of nitrogens with one attached hydrogen (secondary N) is 2. The lowest BCUT2D eigenvalue weighted by Gasteiger charge is -2.10. The molecule has 1 aliphatic rings. The molecule has 0 saturated heterocycles.